The van der Waals surface area contributed by atoms with E-state index in [2.05, 4.69) is 80.3 Å². The van der Waals surface area contributed by atoms with Gasteiger partial charge in [-0.25, -0.2) is 0 Å². The minimum atomic E-state index is -1.74. The average molecular weight is 283 g/mol. The van der Waals surface area contributed by atoms with Crippen molar-refractivity contribution in [3.8, 4) is 0 Å². The summed E-state index contributed by atoms with van der Waals surface area (Å²) in [7, 11) is -1.74. The first-order valence-electron chi connectivity index (χ1n) is 7.40. The van der Waals surface area contributed by atoms with E-state index in [1.54, 1.807) is 0 Å². The molecule has 1 nitrogen and oxygen atoms in total. The highest BCUT2D eigenvalue weighted by molar-refractivity contribution is 6.74. The molecule has 0 fully saturated rings. The Morgan fingerprint density at radius 2 is 1.58 bits per heavy atom. The van der Waals surface area contributed by atoms with Crippen LogP contribution in [0.25, 0.3) is 0 Å². The lowest BCUT2D eigenvalue weighted by atomic mass is 9.98. The molecule has 0 spiro atoms. The molecule has 0 aromatic heterocycles. The zero-order valence-electron chi connectivity index (χ0n) is 14.5. The smallest absolute Gasteiger partial charge is 0.192 e. The average Bonchev–Trinajstić information content (AvgIpc) is 2.20. The third-order valence-corrected chi connectivity index (χ3v) is 8.45. The number of hydrogen-bond acceptors (Lipinski definition) is 1. The van der Waals surface area contributed by atoms with Gasteiger partial charge in [-0.1, -0.05) is 65.8 Å². The molecule has 0 N–H and O–H groups in total. The molecule has 0 aliphatic rings. The van der Waals surface area contributed by atoms with Crippen LogP contribution < -0.4 is 0 Å². The molecule has 0 amide bonds. The molecule has 2 unspecified atom stereocenters. The first kappa shape index (κ1) is 18.7. The van der Waals surface area contributed by atoms with Gasteiger partial charge in [0.1, 0.15) is 0 Å². The fraction of sp³-hybridized carbons (Fsp3) is 0.765. The second kappa shape index (κ2) is 6.89. The summed E-state index contributed by atoms with van der Waals surface area (Å²) in [5.41, 5.74) is 1.13. The largest absolute Gasteiger partial charge is 0.410 e. The van der Waals surface area contributed by atoms with Crippen molar-refractivity contribution in [1.82, 2.24) is 0 Å². The fourth-order valence-electron chi connectivity index (χ4n) is 1.65. The molecule has 0 saturated heterocycles. The molecule has 2 atom stereocenters. The molecule has 0 heterocycles. The SMILES string of the molecule is C=C(C)C(O[Si](C)(C)C(C)(C)C)C(C)/C=C/C(C)C. The summed E-state index contributed by atoms with van der Waals surface area (Å²) < 4.78 is 6.55. The van der Waals surface area contributed by atoms with E-state index in [-0.39, 0.29) is 11.1 Å². The van der Waals surface area contributed by atoms with E-state index in [0.717, 1.165) is 5.57 Å². The summed E-state index contributed by atoms with van der Waals surface area (Å²) in [5, 5.41) is 0.238. The van der Waals surface area contributed by atoms with Crippen LogP contribution >= 0.6 is 0 Å². The van der Waals surface area contributed by atoms with Gasteiger partial charge in [0.15, 0.2) is 8.32 Å². The molecule has 0 aliphatic carbocycles. The van der Waals surface area contributed by atoms with E-state index in [0.29, 0.717) is 11.8 Å². The van der Waals surface area contributed by atoms with Crippen LogP contribution in [-0.2, 0) is 4.43 Å². The van der Waals surface area contributed by atoms with Gasteiger partial charge in [0.2, 0.25) is 0 Å². The van der Waals surface area contributed by atoms with Gasteiger partial charge in [-0.05, 0) is 31.0 Å². The molecule has 19 heavy (non-hydrogen) atoms. The monoisotopic (exact) mass is 282 g/mol. The number of allylic oxidation sites excluding steroid dienone is 1. The van der Waals surface area contributed by atoms with Gasteiger partial charge in [-0.15, -0.1) is 0 Å². The van der Waals surface area contributed by atoms with Crippen LogP contribution in [0.3, 0.4) is 0 Å². The second-order valence-electron chi connectivity index (χ2n) is 7.63. The minimum Gasteiger partial charge on any atom is -0.410 e. The summed E-state index contributed by atoms with van der Waals surface area (Å²) in [6.07, 6.45) is 4.67. The van der Waals surface area contributed by atoms with Crippen molar-refractivity contribution < 1.29 is 4.43 Å². The quantitative estimate of drug-likeness (QED) is 0.442. The maximum atomic E-state index is 6.55. The van der Waals surface area contributed by atoms with E-state index < -0.39 is 8.32 Å². The van der Waals surface area contributed by atoms with Crippen molar-refractivity contribution in [1.29, 1.82) is 0 Å². The first-order valence-corrected chi connectivity index (χ1v) is 10.3. The summed E-state index contributed by atoms with van der Waals surface area (Å²) in [6, 6.07) is 0. The second-order valence-corrected chi connectivity index (χ2v) is 12.4. The summed E-state index contributed by atoms with van der Waals surface area (Å²) in [6.45, 7) is 24.3. The van der Waals surface area contributed by atoms with Gasteiger partial charge in [0, 0.05) is 5.92 Å². The van der Waals surface area contributed by atoms with E-state index in [4.69, 9.17) is 4.43 Å². The Hall–Kier alpha value is -0.343. The molecule has 112 valence electrons. The van der Waals surface area contributed by atoms with Gasteiger partial charge >= 0.3 is 0 Å². The van der Waals surface area contributed by atoms with Crippen LogP contribution in [0.4, 0.5) is 0 Å². The van der Waals surface area contributed by atoms with Gasteiger partial charge in [-0.3, -0.25) is 0 Å². The van der Waals surface area contributed by atoms with E-state index in [1.165, 1.54) is 0 Å². The van der Waals surface area contributed by atoms with E-state index >= 15 is 0 Å². The standard InChI is InChI=1S/C17H34OSi/c1-13(2)11-12-15(5)16(14(3)4)18-19(9,10)17(6,7)8/h11-13,15-16H,3H2,1-2,4-10H3/b12-11+. The predicted molar refractivity (Wildman–Crippen MR) is 90.0 cm³/mol. The molecule has 0 aromatic rings. The highest BCUT2D eigenvalue weighted by Gasteiger charge is 2.40. The lowest BCUT2D eigenvalue weighted by Crippen LogP contribution is -2.45. The van der Waals surface area contributed by atoms with Gasteiger partial charge in [0.25, 0.3) is 0 Å². The Morgan fingerprint density at radius 3 is 1.89 bits per heavy atom. The molecule has 0 aromatic carbocycles. The van der Waals surface area contributed by atoms with Crippen molar-refractivity contribution in [3.05, 3.63) is 24.3 Å². The Labute approximate surface area is 122 Å². The van der Waals surface area contributed by atoms with Gasteiger partial charge < -0.3 is 4.43 Å². The van der Waals surface area contributed by atoms with Crippen LogP contribution in [0.2, 0.25) is 18.1 Å². The maximum Gasteiger partial charge on any atom is 0.192 e. The molecule has 0 radical (unpaired) electrons. The van der Waals surface area contributed by atoms with Crippen LogP contribution in [0.1, 0.15) is 48.5 Å². The van der Waals surface area contributed by atoms with Crippen LogP contribution in [-0.4, -0.2) is 14.4 Å². The maximum absolute atomic E-state index is 6.55. The van der Waals surface area contributed by atoms with Gasteiger partial charge in [0.05, 0.1) is 6.10 Å². The molecule has 2 heteroatoms. The molecular formula is C17H34OSi. The lowest BCUT2D eigenvalue weighted by molar-refractivity contribution is 0.179. The molecular weight excluding hydrogens is 248 g/mol. The third kappa shape index (κ3) is 6.09. The zero-order chi connectivity index (χ0) is 15.4. The molecule has 0 bridgehead atoms. The van der Waals surface area contributed by atoms with Gasteiger partial charge in [-0.2, -0.15) is 0 Å². The van der Waals surface area contributed by atoms with Crippen LogP contribution in [0.5, 0.6) is 0 Å². The van der Waals surface area contributed by atoms with Crippen molar-refractivity contribution in [2.45, 2.75) is 72.7 Å². The predicted octanol–water partition coefficient (Wildman–Crippen LogP) is 5.80. The Kier molecular flexibility index (Phi) is 6.77. The molecule has 0 aliphatic heterocycles. The van der Waals surface area contributed by atoms with E-state index in [1.807, 2.05) is 0 Å². The Bertz CT molecular complexity index is 321. The highest BCUT2D eigenvalue weighted by atomic mass is 28.4. The molecule has 0 saturated carbocycles. The van der Waals surface area contributed by atoms with Crippen LogP contribution in [0, 0.1) is 11.8 Å². The normalized spacial score (nSPS) is 16.9. The zero-order valence-corrected chi connectivity index (χ0v) is 15.5. The fourth-order valence-corrected chi connectivity index (χ4v) is 3.05. The van der Waals surface area contributed by atoms with Crippen molar-refractivity contribution in [3.63, 3.8) is 0 Å². The summed E-state index contributed by atoms with van der Waals surface area (Å²) >= 11 is 0. The van der Waals surface area contributed by atoms with Crippen LogP contribution in [0.15, 0.2) is 24.3 Å². The topological polar surface area (TPSA) is 9.23 Å². The van der Waals surface area contributed by atoms with Crippen molar-refractivity contribution in [2.75, 3.05) is 0 Å². The number of rotatable bonds is 6. The highest BCUT2D eigenvalue weighted by Crippen LogP contribution is 2.39. The third-order valence-electron chi connectivity index (χ3n) is 3.99. The Morgan fingerprint density at radius 1 is 1.11 bits per heavy atom. The first-order chi connectivity index (χ1) is 8.38. The minimum absolute atomic E-state index is 0.135. The summed E-state index contributed by atoms with van der Waals surface area (Å²) in [4.78, 5) is 0. The summed E-state index contributed by atoms with van der Waals surface area (Å²) in [5.74, 6) is 0.968. The molecule has 0 rings (SSSR count). The van der Waals surface area contributed by atoms with E-state index in [9.17, 15) is 0 Å². The van der Waals surface area contributed by atoms with Crippen molar-refractivity contribution >= 4 is 8.32 Å². The lowest BCUT2D eigenvalue weighted by Gasteiger charge is -2.40. The number of hydrogen-bond donors (Lipinski definition) is 0. The Balaban J connectivity index is 5.00. The van der Waals surface area contributed by atoms with Crippen molar-refractivity contribution in [2.24, 2.45) is 11.8 Å².